The molecule has 2 rings (SSSR count). The van der Waals surface area contributed by atoms with E-state index in [0.29, 0.717) is 39.0 Å². The van der Waals surface area contributed by atoms with Crippen LogP contribution in [0.2, 0.25) is 6.04 Å². The van der Waals surface area contributed by atoms with Crippen LogP contribution in [0.25, 0.3) is 0 Å². The first-order valence-corrected chi connectivity index (χ1v) is 11.6. The first kappa shape index (κ1) is 21.1. The maximum atomic E-state index is 5.87. The van der Waals surface area contributed by atoms with E-state index in [1.807, 2.05) is 20.8 Å². The van der Waals surface area contributed by atoms with Crippen molar-refractivity contribution in [2.45, 2.75) is 45.8 Å². The summed E-state index contributed by atoms with van der Waals surface area (Å²) in [4.78, 5) is 0. The van der Waals surface area contributed by atoms with Crippen molar-refractivity contribution in [1.82, 2.24) is 0 Å². The quantitative estimate of drug-likeness (QED) is 0.364. The third-order valence-electron chi connectivity index (χ3n) is 4.25. The van der Waals surface area contributed by atoms with Crippen molar-refractivity contribution in [3.8, 4) is 0 Å². The minimum Gasteiger partial charge on any atom is -0.377 e. The lowest BCUT2D eigenvalue weighted by Gasteiger charge is -2.28. The zero-order valence-corrected chi connectivity index (χ0v) is 17.3. The lowest BCUT2D eigenvalue weighted by molar-refractivity contribution is 0.0647. The molecule has 0 bridgehead atoms. The molecule has 0 amide bonds. The molecular weight excluding hydrogens is 344 g/mol. The van der Waals surface area contributed by atoms with Crippen LogP contribution in [-0.4, -0.2) is 35.2 Å². The summed E-state index contributed by atoms with van der Waals surface area (Å²) in [5, 5.41) is 0. The Morgan fingerprint density at radius 1 is 0.846 bits per heavy atom. The van der Waals surface area contributed by atoms with Gasteiger partial charge >= 0.3 is 8.80 Å². The summed E-state index contributed by atoms with van der Waals surface area (Å²) in [5.74, 6) is 0.416. The van der Waals surface area contributed by atoms with Gasteiger partial charge in [0.2, 0.25) is 0 Å². The highest BCUT2D eigenvalue weighted by molar-refractivity contribution is 6.60. The smallest absolute Gasteiger partial charge is 0.377 e. The summed E-state index contributed by atoms with van der Waals surface area (Å²) >= 11 is 0. The molecule has 0 saturated heterocycles. The van der Waals surface area contributed by atoms with Crippen LogP contribution in [0.3, 0.4) is 0 Å². The van der Waals surface area contributed by atoms with Crippen molar-refractivity contribution in [3.63, 3.8) is 0 Å². The van der Waals surface area contributed by atoms with Gasteiger partial charge in [0.15, 0.2) is 0 Å². The zero-order valence-electron chi connectivity index (χ0n) is 16.3. The van der Waals surface area contributed by atoms with Gasteiger partial charge in [-0.05, 0) is 38.3 Å². The Hall–Kier alpha value is -1.24. The topological polar surface area (TPSA) is 36.9 Å². The number of hydrogen-bond donors (Lipinski definition) is 0. The van der Waals surface area contributed by atoms with Gasteiger partial charge in [-0.25, -0.2) is 0 Å². The van der Waals surface area contributed by atoms with Crippen molar-refractivity contribution in [2.75, 3.05) is 26.4 Å². The fraction of sp³-hybridized carbons (Fsp3) is 0.524. The minimum absolute atomic E-state index is 0.416. The predicted octanol–water partition coefficient (Wildman–Crippen LogP) is 4.85. The van der Waals surface area contributed by atoms with Gasteiger partial charge in [-0.3, -0.25) is 0 Å². The van der Waals surface area contributed by atoms with Crippen LogP contribution < -0.4 is 0 Å². The molecule has 144 valence electrons. The van der Waals surface area contributed by atoms with Crippen LogP contribution in [0.15, 0.2) is 48.6 Å². The molecule has 0 atom stereocenters. The molecule has 1 aliphatic carbocycles. The molecule has 0 radical (unpaired) electrons. The van der Waals surface area contributed by atoms with Crippen molar-refractivity contribution in [3.05, 3.63) is 59.7 Å². The lowest BCUT2D eigenvalue weighted by Crippen LogP contribution is -2.46. The van der Waals surface area contributed by atoms with E-state index in [4.69, 9.17) is 18.0 Å². The van der Waals surface area contributed by atoms with Gasteiger partial charge in [-0.15, -0.1) is 0 Å². The molecular formula is C21H32O4Si. The van der Waals surface area contributed by atoms with Gasteiger partial charge in [0.25, 0.3) is 0 Å². The fourth-order valence-electron chi connectivity index (χ4n) is 3.07. The molecule has 4 nitrogen and oxygen atoms in total. The van der Waals surface area contributed by atoms with Crippen molar-refractivity contribution in [1.29, 1.82) is 0 Å². The standard InChI is InChI=1S/C21H32O4Si/c1-4-23-26(24-5-2,25-6-3)17-9-16-22-18-19-12-14-21(15-13-19)20-10-7-8-11-20/h7-8,10-15,20H,4-6,9,16-18H2,1-3H3. The molecule has 0 saturated carbocycles. The van der Waals surface area contributed by atoms with Crippen molar-refractivity contribution >= 4 is 8.80 Å². The van der Waals surface area contributed by atoms with Gasteiger partial charge in [0.1, 0.15) is 0 Å². The highest BCUT2D eigenvalue weighted by atomic mass is 28.4. The monoisotopic (exact) mass is 376 g/mol. The van der Waals surface area contributed by atoms with E-state index in [0.717, 1.165) is 12.5 Å². The molecule has 1 aromatic rings. The van der Waals surface area contributed by atoms with Crippen LogP contribution in [0.5, 0.6) is 0 Å². The number of rotatable bonds is 13. The molecule has 1 aliphatic rings. The van der Waals surface area contributed by atoms with Crippen LogP contribution in [0.1, 0.15) is 44.2 Å². The first-order chi connectivity index (χ1) is 12.7. The molecule has 5 heteroatoms. The van der Waals surface area contributed by atoms with Crippen LogP contribution >= 0.6 is 0 Å². The second kappa shape index (κ2) is 11.5. The number of allylic oxidation sites excluding steroid dienone is 4. The molecule has 0 unspecified atom stereocenters. The summed E-state index contributed by atoms with van der Waals surface area (Å²) in [5.41, 5.74) is 2.52. The highest BCUT2D eigenvalue weighted by Gasteiger charge is 2.39. The Balaban J connectivity index is 1.73. The van der Waals surface area contributed by atoms with Gasteiger partial charge in [0.05, 0.1) is 6.61 Å². The molecule has 0 aliphatic heterocycles. The Bertz CT molecular complexity index is 539. The summed E-state index contributed by atoms with van der Waals surface area (Å²) in [6.45, 7) is 9.10. The van der Waals surface area contributed by atoms with Crippen LogP contribution in [-0.2, 0) is 24.6 Å². The summed E-state index contributed by atoms with van der Waals surface area (Å²) in [6.07, 6.45) is 9.48. The SMILES string of the molecule is CCO[Si](CCCOCc1ccc(C2C=CC=C2)cc1)(OCC)OCC. The molecule has 1 aromatic carbocycles. The lowest BCUT2D eigenvalue weighted by atomic mass is 10.00. The minimum atomic E-state index is -2.54. The molecule has 0 aromatic heterocycles. The molecule has 26 heavy (non-hydrogen) atoms. The van der Waals surface area contributed by atoms with Crippen molar-refractivity contribution < 1.29 is 18.0 Å². The average Bonchev–Trinajstić information content (AvgIpc) is 3.17. The third-order valence-corrected chi connectivity index (χ3v) is 7.40. The molecule has 0 fully saturated rings. The third kappa shape index (κ3) is 6.48. The number of ether oxygens (including phenoxy) is 1. The Labute approximate surface area is 159 Å². The molecule has 0 heterocycles. The molecule has 0 N–H and O–H groups in total. The van der Waals surface area contributed by atoms with E-state index in [1.54, 1.807) is 0 Å². The van der Waals surface area contributed by atoms with Gasteiger partial charge in [0, 0.05) is 38.4 Å². The van der Waals surface area contributed by atoms with Crippen LogP contribution in [0.4, 0.5) is 0 Å². The summed E-state index contributed by atoms with van der Waals surface area (Å²) < 4.78 is 23.4. The predicted molar refractivity (Wildman–Crippen MR) is 107 cm³/mol. The fourth-order valence-corrected chi connectivity index (χ4v) is 5.65. The Kier molecular flexibility index (Phi) is 9.29. The maximum Gasteiger partial charge on any atom is 0.501 e. The van der Waals surface area contributed by atoms with Crippen LogP contribution in [0, 0.1) is 0 Å². The average molecular weight is 377 g/mol. The normalized spacial score (nSPS) is 14.4. The van der Waals surface area contributed by atoms with E-state index in [-0.39, 0.29) is 0 Å². The second-order valence-electron chi connectivity index (χ2n) is 6.18. The number of hydrogen-bond acceptors (Lipinski definition) is 4. The van der Waals surface area contributed by atoms with E-state index >= 15 is 0 Å². The number of benzene rings is 1. The maximum absolute atomic E-state index is 5.87. The van der Waals surface area contributed by atoms with E-state index in [2.05, 4.69) is 48.6 Å². The second-order valence-corrected chi connectivity index (χ2v) is 8.91. The van der Waals surface area contributed by atoms with Gasteiger partial charge in [-0.2, -0.15) is 0 Å². The largest absolute Gasteiger partial charge is 0.501 e. The Morgan fingerprint density at radius 2 is 1.42 bits per heavy atom. The van der Waals surface area contributed by atoms with Crippen molar-refractivity contribution in [2.24, 2.45) is 0 Å². The highest BCUT2D eigenvalue weighted by Crippen LogP contribution is 2.23. The zero-order chi connectivity index (χ0) is 18.7. The van der Waals surface area contributed by atoms with E-state index in [1.165, 1.54) is 11.1 Å². The Morgan fingerprint density at radius 3 is 1.96 bits per heavy atom. The van der Waals surface area contributed by atoms with E-state index in [9.17, 15) is 0 Å². The molecule has 0 spiro atoms. The van der Waals surface area contributed by atoms with E-state index < -0.39 is 8.80 Å². The van der Waals surface area contributed by atoms with Gasteiger partial charge in [-0.1, -0.05) is 48.6 Å². The van der Waals surface area contributed by atoms with Gasteiger partial charge < -0.3 is 18.0 Å². The summed E-state index contributed by atoms with van der Waals surface area (Å²) in [6, 6.07) is 9.45. The first-order valence-electron chi connectivity index (χ1n) is 9.66. The summed E-state index contributed by atoms with van der Waals surface area (Å²) in [7, 11) is -2.54.